The van der Waals surface area contributed by atoms with Crippen molar-refractivity contribution in [1.82, 2.24) is 0 Å². The van der Waals surface area contributed by atoms with Gasteiger partial charge in [-0.15, -0.1) is 0 Å². The van der Waals surface area contributed by atoms with Crippen molar-refractivity contribution in [2.24, 2.45) is 11.8 Å². The Morgan fingerprint density at radius 2 is 1.34 bits per heavy atom. The number of rotatable bonds is 4. The zero-order chi connectivity index (χ0) is 45.6. The Bertz CT molecular complexity index is 3440. The normalized spacial score (nSPS) is 25.5. The van der Waals surface area contributed by atoms with Gasteiger partial charge in [-0.25, -0.2) is 0 Å². The monoisotopic (exact) mass is 877 g/mol. The Balaban J connectivity index is 1.12. The van der Waals surface area contributed by atoms with Crippen LogP contribution in [0.15, 0.2) is 228 Å². The van der Waals surface area contributed by atoms with Crippen molar-refractivity contribution in [1.29, 1.82) is 0 Å². The second-order valence-electron chi connectivity index (χ2n) is 20.4. The highest BCUT2D eigenvalue weighted by atomic mass is 16.5. The van der Waals surface area contributed by atoms with Gasteiger partial charge < -0.3 is 19.3 Å². The van der Waals surface area contributed by atoms with Gasteiger partial charge in [-0.2, -0.15) is 0 Å². The van der Waals surface area contributed by atoms with E-state index in [2.05, 4.69) is 249 Å². The number of hydrogen-bond donors (Lipinski definition) is 0. The van der Waals surface area contributed by atoms with E-state index in [1.165, 1.54) is 101 Å². The van der Waals surface area contributed by atoms with Crippen LogP contribution in [-0.4, -0.2) is 18.5 Å². The summed E-state index contributed by atoms with van der Waals surface area (Å²) in [5.41, 5.74) is 22.0. The largest absolute Gasteiger partial charge is 0.484 e. The molecule has 0 amide bonds. The topological polar surface area (TPSA) is 19.0 Å². The lowest BCUT2D eigenvalue weighted by Crippen LogP contribution is -2.62. The molecule has 0 aromatic heterocycles. The van der Waals surface area contributed by atoms with Gasteiger partial charge in [0.1, 0.15) is 11.9 Å². The first-order chi connectivity index (χ1) is 33.2. The Kier molecular flexibility index (Phi) is 8.32. The minimum absolute atomic E-state index is 0.0398. The molecule has 4 aliphatic heterocycles. The molecular formula is C63H52BN3O. The fraction of sp³-hybridized carbons (Fsp3) is 0.175. The molecule has 6 unspecified atom stereocenters. The fourth-order valence-electron chi connectivity index (χ4n) is 13.8. The van der Waals surface area contributed by atoms with Crippen LogP contribution in [0.25, 0.3) is 16.7 Å². The van der Waals surface area contributed by atoms with E-state index in [9.17, 15) is 0 Å². The summed E-state index contributed by atoms with van der Waals surface area (Å²) in [5.74, 6) is 1.31. The molecular weight excluding hydrogens is 826 g/mol. The van der Waals surface area contributed by atoms with Gasteiger partial charge in [-0.3, -0.25) is 0 Å². The highest BCUT2D eigenvalue weighted by Crippen LogP contribution is 2.61. The van der Waals surface area contributed by atoms with Crippen molar-refractivity contribution in [3.05, 3.63) is 250 Å². The summed E-state index contributed by atoms with van der Waals surface area (Å²) in [6.45, 7) is 12.0. The highest BCUT2D eigenvalue weighted by Gasteiger charge is 2.57. The molecule has 0 radical (unpaired) electrons. The summed E-state index contributed by atoms with van der Waals surface area (Å²) in [7, 11) is 0. The molecule has 6 atom stereocenters. The zero-order valence-corrected chi connectivity index (χ0v) is 39.2. The van der Waals surface area contributed by atoms with E-state index < -0.39 is 11.0 Å². The number of benzene rings is 7. The summed E-state index contributed by atoms with van der Waals surface area (Å²) in [4.78, 5) is 8.05. The standard InChI is InChI=1S/C63H52BN3O/c1-39-33-34-63(5)59-41(3)55(38-62(4,58(39)59)44-21-11-7-12-22-44)67-52-27-17-15-26-48(52)57-60-54(37-49-47-25-16-18-28-56(47)68-61(49)57)65(51-31-29-43(35-40(51)2)42-19-9-6-10-20-42)53-32-30-46(36-50(53)64(60)67)66(63)45-23-13-8-14-24-45/h6-39,41,49,61H,1-5H3. The van der Waals surface area contributed by atoms with Crippen LogP contribution in [0, 0.1) is 18.8 Å². The van der Waals surface area contributed by atoms with E-state index in [0.717, 1.165) is 5.75 Å². The molecule has 4 nitrogen and oxygen atoms in total. The molecule has 14 rings (SSSR count). The number of nitrogens with zero attached hydrogens (tertiary/aromatic N) is 3. The van der Waals surface area contributed by atoms with Crippen molar-refractivity contribution in [2.45, 2.75) is 57.6 Å². The summed E-state index contributed by atoms with van der Waals surface area (Å²) < 4.78 is 7.24. The van der Waals surface area contributed by atoms with Gasteiger partial charge in [0.25, 0.3) is 0 Å². The molecule has 0 saturated heterocycles. The first kappa shape index (κ1) is 39.7. The molecule has 0 N–H and O–H groups in total. The van der Waals surface area contributed by atoms with Crippen LogP contribution < -0.4 is 24.8 Å². The molecule has 4 heterocycles. The molecule has 7 aromatic carbocycles. The number of fused-ring (bicyclic) bond motifs is 10. The van der Waals surface area contributed by atoms with Crippen LogP contribution in [0.4, 0.5) is 28.4 Å². The number of aryl methyl sites for hydroxylation is 1. The SMILES string of the molecule is Cc1cc(-c2ccccc2)ccc1N1C2=CC3c4ccccc4OC3C3=C2B2c4cc(ccc41)N(c1ccccc1)C1(C)C=CC(C)C4=C1C(C)C(=CC4(C)c1ccccc1)N2c1ccccc13. The predicted molar refractivity (Wildman–Crippen MR) is 281 cm³/mol. The Labute approximate surface area is 400 Å². The number of hydrogen-bond acceptors (Lipinski definition) is 4. The summed E-state index contributed by atoms with van der Waals surface area (Å²) in [6, 6.07) is 65.6. The molecule has 328 valence electrons. The summed E-state index contributed by atoms with van der Waals surface area (Å²) in [6.07, 6.45) is 10.1. The van der Waals surface area contributed by atoms with Crippen LogP contribution in [0.2, 0.25) is 0 Å². The third-order valence-electron chi connectivity index (χ3n) is 16.6. The van der Waals surface area contributed by atoms with E-state index >= 15 is 0 Å². The molecule has 0 saturated carbocycles. The maximum Gasteiger partial charge on any atom is 0.332 e. The number of para-hydroxylation sites is 3. The minimum atomic E-state index is -0.510. The predicted octanol–water partition coefficient (Wildman–Crippen LogP) is 14.2. The Morgan fingerprint density at radius 1 is 0.632 bits per heavy atom. The minimum Gasteiger partial charge on any atom is -0.484 e. The van der Waals surface area contributed by atoms with Crippen molar-refractivity contribution < 1.29 is 4.74 Å². The third kappa shape index (κ3) is 5.28. The second kappa shape index (κ2) is 14.3. The molecule has 68 heavy (non-hydrogen) atoms. The summed E-state index contributed by atoms with van der Waals surface area (Å²) >= 11 is 0. The fourth-order valence-corrected chi connectivity index (χ4v) is 13.8. The van der Waals surface area contributed by atoms with Gasteiger partial charge >= 0.3 is 6.85 Å². The van der Waals surface area contributed by atoms with Gasteiger partial charge in [-0.1, -0.05) is 153 Å². The van der Waals surface area contributed by atoms with E-state index in [0.29, 0.717) is 0 Å². The van der Waals surface area contributed by atoms with Crippen LogP contribution in [0.1, 0.15) is 55.9 Å². The van der Waals surface area contributed by atoms with Crippen molar-refractivity contribution in [2.75, 3.05) is 14.6 Å². The van der Waals surface area contributed by atoms with Gasteiger partial charge in [0, 0.05) is 73.8 Å². The molecule has 7 aliphatic rings. The molecule has 5 heteroatoms. The summed E-state index contributed by atoms with van der Waals surface area (Å²) in [5, 5.41) is 0. The average molecular weight is 878 g/mol. The third-order valence-corrected chi connectivity index (χ3v) is 16.6. The van der Waals surface area contributed by atoms with Gasteiger partial charge in [0.2, 0.25) is 0 Å². The van der Waals surface area contributed by atoms with Crippen molar-refractivity contribution in [3.63, 3.8) is 0 Å². The maximum absolute atomic E-state index is 7.24. The van der Waals surface area contributed by atoms with E-state index in [-0.39, 0.29) is 30.7 Å². The number of ether oxygens (including phenoxy) is 1. The van der Waals surface area contributed by atoms with Crippen LogP contribution in [0.5, 0.6) is 5.75 Å². The first-order valence-electron chi connectivity index (χ1n) is 24.5. The molecule has 3 aliphatic carbocycles. The van der Waals surface area contributed by atoms with Gasteiger partial charge in [-0.05, 0) is 132 Å². The first-order valence-corrected chi connectivity index (χ1v) is 24.5. The second-order valence-corrected chi connectivity index (χ2v) is 20.4. The number of allylic oxidation sites excluding steroid dienone is 5. The molecule has 4 bridgehead atoms. The maximum atomic E-state index is 7.24. The van der Waals surface area contributed by atoms with Gasteiger partial charge in [0.05, 0.1) is 5.54 Å². The zero-order valence-electron chi connectivity index (χ0n) is 39.2. The van der Waals surface area contributed by atoms with E-state index in [1.807, 2.05) is 0 Å². The highest BCUT2D eigenvalue weighted by molar-refractivity contribution is 6.88. The van der Waals surface area contributed by atoms with E-state index in [1.54, 1.807) is 0 Å². The molecule has 7 aromatic rings. The average Bonchev–Trinajstić information content (AvgIpc) is 3.75. The lowest BCUT2D eigenvalue weighted by molar-refractivity contribution is 0.277. The van der Waals surface area contributed by atoms with Crippen molar-refractivity contribution in [3.8, 4) is 16.9 Å². The lowest BCUT2D eigenvalue weighted by atomic mass is 9.40. The van der Waals surface area contributed by atoms with Crippen molar-refractivity contribution >= 4 is 46.3 Å². The van der Waals surface area contributed by atoms with E-state index in [4.69, 9.17) is 4.74 Å². The number of anilines is 5. The Morgan fingerprint density at radius 3 is 2.13 bits per heavy atom. The lowest BCUT2D eigenvalue weighted by Gasteiger charge is -2.57. The van der Waals surface area contributed by atoms with Crippen LogP contribution in [0.3, 0.4) is 0 Å². The molecule has 0 fully saturated rings. The molecule has 0 spiro atoms. The Hall–Kier alpha value is -7.50. The van der Waals surface area contributed by atoms with Crippen LogP contribution >= 0.6 is 0 Å². The van der Waals surface area contributed by atoms with Crippen LogP contribution in [-0.2, 0) is 5.41 Å². The quantitative estimate of drug-likeness (QED) is 0.130. The van der Waals surface area contributed by atoms with Gasteiger partial charge in [0.15, 0.2) is 0 Å². The smallest absolute Gasteiger partial charge is 0.332 e.